The molecule has 1 atom stereocenters. The Labute approximate surface area is 60.0 Å². The molecule has 0 amide bonds. The minimum Gasteiger partial charge on any atom is -0.370 e. The molecule has 0 rings (SSSR count). The molecule has 0 aromatic heterocycles. The molecule has 0 aliphatic rings. The molecule has 1 unspecified atom stereocenters. The topological polar surface area (TPSA) is 44.8 Å². The third-order valence-corrected chi connectivity index (χ3v) is 0.944. The van der Waals surface area contributed by atoms with Crippen molar-refractivity contribution in [3.8, 4) is 0 Å². The van der Waals surface area contributed by atoms with E-state index in [9.17, 15) is 4.79 Å². The highest BCUT2D eigenvalue weighted by Gasteiger charge is 2.13. The van der Waals surface area contributed by atoms with Gasteiger partial charge in [0.1, 0.15) is 0 Å². The highest BCUT2D eigenvalue weighted by atomic mass is 17.2. The lowest BCUT2D eigenvalue weighted by Crippen LogP contribution is -2.21. The minimum atomic E-state index is -0.563. The quantitative estimate of drug-likeness (QED) is 0.430. The van der Waals surface area contributed by atoms with Crippen molar-refractivity contribution in [2.75, 3.05) is 13.7 Å². The second kappa shape index (κ2) is 5.20. The van der Waals surface area contributed by atoms with E-state index in [1.165, 1.54) is 7.11 Å². The summed E-state index contributed by atoms with van der Waals surface area (Å²) in [6, 6.07) is 0. The van der Waals surface area contributed by atoms with Crippen LogP contribution in [0.3, 0.4) is 0 Å². The van der Waals surface area contributed by atoms with Crippen LogP contribution in [0.5, 0.6) is 0 Å². The Morgan fingerprint density at radius 2 is 2.20 bits per heavy atom. The van der Waals surface area contributed by atoms with Crippen molar-refractivity contribution in [2.24, 2.45) is 0 Å². The van der Waals surface area contributed by atoms with Gasteiger partial charge in [0.25, 0.3) is 0 Å². The van der Waals surface area contributed by atoms with E-state index in [-0.39, 0.29) is 0 Å². The number of ether oxygens (including phenoxy) is 1. The molecule has 60 valence electrons. The van der Waals surface area contributed by atoms with Crippen LogP contribution in [-0.4, -0.2) is 25.8 Å². The Morgan fingerprint density at radius 1 is 1.60 bits per heavy atom. The molecule has 0 saturated carbocycles. The van der Waals surface area contributed by atoms with Crippen molar-refractivity contribution < 1.29 is 19.3 Å². The van der Waals surface area contributed by atoms with Gasteiger partial charge in [-0.25, -0.2) is 4.79 Å². The first kappa shape index (κ1) is 9.39. The van der Waals surface area contributed by atoms with Gasteiger partial charge in [-0.1, -0.05) is 0 Å². The summed E-state index contributed by atoms with van der Waals surface area (Å²) in [5, 5.41) is 0. The molecular weight excluding hydrogens is 136 g/mol. The van der Waals surface area contributed by atoms with Crippen molar-refractivity contribution >= 4 is 5.97 Å². The lowest BCUT2D eigenvalue weighted by Gasteiger charge is -2.06. The van der Waals surface area contributed by atoms with E-state index in [0.29, 0.717) is 6.61 Å². The molecule has 0 aliphatic carbocycles. The molecule has 0 saturated heterocycles. The van der Waals surface area contributed by atoms with E-state index >= 15 is 0 Å². The van der Waals surface area contributed by atoms with Crippen molar-refractivity contribution in [3.05, 3.63) is 0 Å². The van der Waals surface area contributed by atoms with Crippen LogP contribution in [-0.2, 0) is 19.3 Å². The molecule has 0 radical (unpaired) electrons. The average Bonchev–Trinajstić information content (AvgIpc) is 1.98. The summed E-state index contributed by atoms with van der Waals surface area (Å²) in [6.45, 7) is 3.66. The predicted molar refractivity (Wildman–Crippen MR) is 34.2 cm³/mol. The molecule has 0 aromatic rings. The second-order valence-electron chi connectivity index (χ2n) is 1.69. The minimum absolute atomic E-state index is 0.349. The Hall–Kier alpha value is -0.610. The van der Waals surface area contributed by atoms with Crippen LogP contribution in [0.15, 0.2) is 0 Å². The first-order chi connectivity index (χ1) is 4.72. The summed E-state index contributed by atoms with van der Waals surface area (Å²) in [4.78, 5) is 19.3. The normalized spacial score (nSPS) is 12.7. The molecule has 0 bridgehead atoms. The summed E-state index contributed by atoms with van der Waals surface area (Å²) in [6.07, 6.45) is -0.563. The van der Waals surface area contributed by atoms with Gasteiger partial charge in [0.2, 0.25) is 0 Å². The third kappa shape index (κ3) is 3.42. The molecule has 0 fully saturated rings. The molecular formula is C6H12O4. The van der Waals surface area contributed by atoms with Crippen LogP contribution >= 0.6 is 0 Å². The number of hydrogen-bond acceptors (Lipinski definition) is 4. The summed E-state index contributed by atoms with van der Waals surface area (Å²) >= 11 is 0. The summed E-state index contributed by atoms with van der Waals surface area (Å²) < 4.78 is 4.65. The SMILES string of the molecule is CCOOC(=O)C(C)OC. The van der Waals surface area contributed by atoms with Crippen LogP contribution in [0.2, 0.25) is 0 Å². The molecule has 10 heavy (non-hydrogen) atoms. The van der Waals surface area contributed by atoms with Gasteiger partial charge in [-0.15, -0.1) is 0 Å². The third-order valence-electron chi connectivity index (χ3n) is 0.944. The Kier molecular flexibility index (Phi) is 4.88. The van der Waals surface area contributed by atoms with Crippen molar-refractivity contribution in [3.63, 3.8) is 0 Å². The first-order valence-electron chi connectivity index (χ1n) is 3.08. The number of methoxy groups -OCH3 is 1. The van der Waals surface area contributed by atoms with Crippen LogP contribution in [0.1, 0.15) is 13.8 Å². The van der Waals surface area contributed by atoms with E-state index in [1.54, 1.807) is 13.8 Å². The standard InChI is InChI=1S/C6H12O4/c1-4-9-10-6(7)5(2)8-3/h5H,4H2,1-3H3. The lowest BCUT2D eigenvalue weighted by molar-refractivity contribution is -0.276. The van der Waals surface area contributed by atoms with Crippen LogP contribution in [0, 0.1) is 0 Å². The van der Waals surface area contributed by atoms with Gasteiger partial charge >= 0.3 is 5.97 Å². The van der Waals surface area contributed by atoms with Crippen LogP contribution < -0.4 is 0 Å². The fourth-order valence-electron chi connectivity index (χ4n) is 0.281. The smallest absolute Gasteiger partial charge is 0.370 e. The van der Waals surface area contributed by atoms with Gasteiger partial charge in [0.05, 0.1) is 6.61 Å². The molecule has 4 heteroatoms. The van der Waals surface area contributed by atoms with Crippen molar-refractivity contribution in [1.82, 2.24) is 0 Å². The predicted octanol–water partition coefficient (Wildman–Crippen LogP) is 0.516. The monoisotopic (exact) mass is 148 g/mol. The number of carbonyl (C=O) groups is 1. The van der Waals surface area contributed by atoms with Gasteiger partial charge in [-0.3, -0.25) is 4.89 Å². The van der Waals surface area contributed by atoms with E-state index in [1.807, 2.05) is 0 Å². The Bertz CT molecular complexity index is 102. The lowest BCUT2D eigenvalue weighted by atomic mass is 10.4. The maximum absolute atomic E-state index is 10.7. The molecule has 0 aliphatic heterocycles. The van der Waals surface area contributed by atoms with E-state index in [4.69, 9.17) is 0 Å². The van der Waals surface area contributed by atoms with E-state index in [0.717, 1.165) is 0 Å². The summed E-state index contributed by atoms with van der Waals surface area (Å²) in [5.41, 5.74) is 0. The van der Waals surface area contributed by atoms with Gasteiger partial charge in [0.15, 0.2) is 6.10 Å². The first-order valence-corrected chi connectivity index (χ1v) is 3.08. The van der Waals surface area contributed by atoms with Gasteiger partial charge in [-0.2, -0.15) is 4.89 Å². The molecule has 0 aromatic carbocycles. The Balaban J connectivity index is 3.42. The fourth-order valence-corrected chi connectivity index (χ4v) is 0.281. The number of hydrogen-bond donors (Lipinski definition) is 0. The summed E-state index contributed by atoms with van der Waals surface area (Å²) in [7, 11) is 1.43. The van der Waals surface area contributed by atoms with Crippen molar-refractivity contribution in [1.29, 1.82) is 0 Å². The van der Waals surface area contributed by atoms with Gasteiger partial charge in [0, 0.05) is 7.11 Å². The van der Waals surface area contributed by atoms with Crippen LogP contribution in [0.4, 0.5) is 0 Å². The van der Waals surface area contributed by atoms with E-state index < -0.39 is 12.1 Å². The fraction of sp³-hybridized carbons (Fsp3) is 0.833. The number of rotatable bonds is 4. The van der Waals surface area contributed by atoms with Crippen LogP contribution in [0.25, 0.3) is 0 Å². The maximum atomic E-state index is 10.7. The zero-order valence-corrected chi connectivity index (χ0v) is 6.42. The zero-order chi connectivity index (χ0) is 7.98. The molecule has 0 N–H and O–H groups in total. The Morgan fingerprint density at radius 3 is 2.60 bits per heavy atom. The highest BCUT2D eigenvalue weighted by molar-refractivity contribution is 5.73. The number of carbonyl (C=O) groups excluding carboxylic acids is 1. The molecule has 4 nitrogen and oxygen atoms in total. The molecule has 0 heterocycles. The van der Waals surface area contributed by atoms with Gasteiger partial charge in [-0.05, 0) is 13.8 Å². The average molecular weight is 148 g/mol. The van der Waals surface area contributed by atoms with E-state index in [2.05, 4.69) is 14.5 Å². The summed E-state index contributed by atoms with van der Waals surface area (Å²) in [5.74, 6) is -0.510. The highest BCUT2D eigenvalue weighted by Crippen LogP contribution is 1.92. The van der Waals surface area contributed by atoms with Crippen molar-refractivity contribution in [2.45, 2.75) is 20.0 Å². The van der Waals surface area contributed by atoms with Gasteiger partial charge < -0.3 is 4.74 Å². The second-order valence-corrected chi connectivity index (χ2v) is 1.69. The largest absolute Gasteiger partial charge is 0.370 e. The molecule has 0 spiro atoms. The maximum Gasteiger partial charge on any atom is 0.370 e. The zero-order valence-electron chi connectivity index (χ0n) is 6.42.